The topological polar surface area (TPSA) is 101 Å². The smallest absolute Gasteiger partial charge is 0.277 e. The molecule has 0 bridgehead atoms. The summed E-state index contributed by atoms with van der Waals surface area (Å²) in [6.07, 6.45) is 2.37. The van der Waals surface area contributed by atoms with E-state index in [4.69, 9.17) is 32.7 Å². The van der Waals surface area contributed by atoms with Crippen LogP contribution in [-0.4, -0.2) is 37.5 Å². The SMILES string of the molecule is O=C(COc1ccccc1Cl)N/N=C\C=N/NC(=O)COc1ccccc1Cl. The van der Waals surface area contributed by atoms with Crippen LogP contribution in [-0.2, 0) is 9.59 Å². The molecular formula is C18H16Cl2N4O4. The van der Waals surface area contributed by atoms with Crippen LogP contribution >= 0.6 is 23.2 Å². The van der Waals surface area contributed by atoms with E-state index in [1.165, 1.54) is 12.4 Å². The van der Waals surface area contributed by atoms with Gasteiger partial charge in [0.1, 0.15) is 11.5 Å². The molecule has 0 radical (unpaired) electrons. The Morgan fingerprint density at radius 3 is 1.57 bits per heavy atom. The fourth-order valence-corrected chi connectivity index (χ4v) is 2.14. The number of amides is 2. The van der Waals surface area contributed by atoms with Crippen LogP contribution in [0, 0.1) is 0 Å². The van der Waals surface area contributed by atoms with Crippen molar-refractivity contribution in [2.45, 2.75) is 0 Å². The summed E-state index contributed by atoms with van der Waals surface area (Å²) in [4.78, 5) is 23.2. The number of carbonyl (C=O) groups is 2. The summed E-state index contributed by atoms with van der Waals surface area (Å²) in [5, 5.41) is 8.05. The van der Waals surface area contributed by atoms with Gasteiger partial charge in [0, 0.05) is 0 Å². The number of nitrogens with zero attached hydrogens (tertiary/aromatic N) is 2. The number of ether oxygens (including phenoxy) is 2. The van der Waals surface area contributed by atoms with Crippen LogP contribution in [0.3, 0.4) is 0 Å². The number of carbonyl (C=O) groups excluding carboxylic acids is 2. The predicted molar refractivity (Wildman–Crippen MR) is 107 cm³/mol. The zero-order valence-corrected chi connectivity index (χ0v) is 16.0. The summed E-state index contributed by atoms with van der Waals surface area (Å²) < 4.78 is 10.5. The van der Waals surface area contributed by atoms with E-state index in [9.17, 15) is 9.59 Å². The molecule has 2 aromatic rings. The molecule has 8 nitrogen and oxygen atoms in total. The fraction of sp³-hybridized carbons (Fsp3) is 0.111. The van der Waals surface area contributed by atoms with E-state index < -0.39 is 11.8 Å². The fourth-order valence-electron chi connectivity index (χ4n) is 1.76. The normalized spacial score (nSPS) is 10.8. The number of hydrogen-bond donors (Lipinski definition) is 2. The van der Waals surface area contributed by atoms with Crippen LogP contribution in [0.15, 0.2) is 58.7 Å². The van der Waals surface area contributed by atoms with Gasteiger partial charge in [0.05, 0.1) is 22.5 Å². The minimum absolute atomic E-state index is 0.256. The van der Waals surface area contributed by atoms with Crippen molar-refractivity contribution >= 4 is 47.4 Å². The maximum absolute atomic E-state index is 11.6. The molecule has 2 amide bonds. The molecule has 2 aromatic carbocycles. The molecule has 0 fully saturated rings. The molecule has 0 atom stereocenters. The molecule has 10 heteroatoms. The van der Waals surface area contributed by atoms with Crippen LogP contribution in [0.25, 0.3) is 0 Å². The molecule has 0 saturated carbocycles. The van der Waals surface area contributed by atoms with E-state index in [0.717, 1.165) is 0 Å². The molecular weight excluding hydrogens is 407 g/mol. The highest BCUT2D eigenvalue weighted by Crippen LogP contribution is 2.23. The molecule has 2 N–H and O–H groups in total. The van der Waals surface area contributed by atoms with Gasteiger partial charge in [-0.25, -0.2) is 10.9 Å². The third-order valence-corrected chi connectivity index (χ3v) is 3.61. The predicted octanol–water partition coefficient (Wildman–Crippen LogP) is 2.66. The molecule has 28 heavy (non-hydrogen) atoms. The van der Waals surface area contributed by atoms with Crippen molar-refractivity contribution in [3.8, 4) is 11.5 Å². The second-order valence-electron chi connectivity index (χ2n) is 5.06. The van der Waals surface area contributed by atoms with Gasteiger partial charge in [-0.2, -0.15) is 10.2 Å². The maximum Gasteiger partial charge on any atom is 0.277 e. The van der Waals surface area contributed by atoms with Gasteiger partial charge >= 0.3 is 0 Å². The molecule has 0 aromatic heterocycles. The Balaban J connectivity index is 1.62. The van der Waals surface area contributed by atoms with Crippen molar-refractivity contribution in [2.24, 2.45) is 10.2 Å². The van der Waals surface area contributed by atoms with E-state index in [2.05, 4.69) is 21.1 Å². The summed E-state index contributed by atoms with van der Waals surface area (Å²) in [5.41, 5.74) is 4.47. The largest absolute Gasteiger partial charge is 0.482 e. The van der Waals surface area contributed by atoms with E-state index in [1.807, 2.05) is 0 Å². The first-order valence-corrected chi connectivity index (χ1v) is 8.69. The average molecular weight is 423 g/mol. The summed E-state index contributed by atoms with van der Waals surface area (Å²) in [7, 11) is 0. The Hall–Kier alpha value is -3.10. The minimum Gasteiger partial charge on any atom is -0.482 e. The third kappa shape index (κ3) is 7.65. The summed E-state index contributed by atoms with van der Waals surface area (Å²) in [6, 6.07) is 13.6. The lowest BCUT2D eigenvalue weighted by molar-refractivity contribution is -0.123. The Bertz CT molecular complexity index is 803. The van der Waals surface area contributed by atoms with Crippen LogP contribution in [0.5, 0.6) is 11.5 Å². The van der Waals surface area contributed by atoms with Crippen LogP contribution in [0.4, 0.5) is 0 Å². The van der Waals surface area contributed by atoms with Crippen molar-refractivity contribution in [1.29, 1.82) is 0 Å². The Labute approximate surface area is 171 Å². The first kappa shape index (κ1) is 21.2. The van der Waals surface area contributed by atoms with Crippen molar-refractivity contribution in [2.75, 3.05) is 13.2 Å². The Morgan fingerprint density at radius 1 is 0.786 bits per heavy atom. The number of para-hydroxylation sites is 2. The van der Waals surface area contributed by atoms with Crippen LogP contribution in [0.1, 0.15) is 0 Å². The first-order chi connectivity index (χ1) is 13.6. The first-order valence-electron chi connectivity index (χ1n) is 7.93. The highest BCUT2D eigenvalue weighted by Gasteiger charge is 2.05. The van der Waals surface area contributed by atoms with Crippen molar-refractivity contribution in [1.82, 2.24) is 10.9 Å². The second kappa shape index (κ2) is 11.6. The maximum atomic E-state index is 11.6. The Kier molecular flexibility index (Phi) is 8.77. The lowest BCUT2D eigenvalue weighted by atomic mass is 10.3. The van der Waals surface area contributed by atoms with Crippen molar-refractivity contribution in [3.05, 3.63) is 58.6 Å². The summed E-state index contributed by atoms with van der Waals surface area (Å²) in [5.74, 6) is -0.179. The van der Waals surface area contributed by atoms with Gasteiger partial charge < -0.3 is 9.47 Å². The van der Waals surface area contributed by atoms with E-state index in [-0.39, 0.29) is 13.2 Å². The van der Waals surface area contributed by atoms with E-state index >= 15 is 0 Å². The number of hydrazone groups is 2. The van der Waals surface area contributed by atoms with Gasteiger partial charge in [-0.15, -0.1) is 0 Å². The van der Waals surface area contributed by atoms with Gasteiger partial charge in [0.25, 0.3) is 11.8 Å². The molecule has 0 aliphatic heterocycles. The molecule has 0 heterocycles. The van der Waals surface area contributed by atoms with Crippen LogP contribution < -0.4 is 20.3 Å². The minimum atomic E-state index is -0.484. The number of hydrogen-bond acceptors (Lipinski definition) is 6. The van der Waals surface area contributed by atoms with E-state index in [0.29, 0.717) is 21.5 Å². The number of benzene rings is 2. The molecule has 0 aliphatic rings. The summed E-state index contributed by atoms with van der Waals surface area (Å²) >= 11 is 11.8. The molecule has 146 valence electrons. The Morgan fingerprint density at radius 2 is 1.18 bits per heavy atom. The molecule has 0 unspecified atom stereocenters. The van der Waals surface area contributed by atoms with Gasteiger partial charge in [0.15, 0.2) is 13.2 Å². The standard InChI is InChI=1S/C18H16Cl2N4O4/c19-13-5-1-3-7-15(13)27-11-17(25)23-21-9-10-22-24-18(26)12-28-16-8-4-2-6-14(16)20/h1-10H,11-12H2,(H,23,25)(H,24,26)/b21-9-,22-10-. The average Bonchev–Trinajstić information content (AvgIpc) is 2.69. The molecule has 0 saturated heterocycles. The lowest BCUT2D eigenvalue weighted by Gasteiger charge is -2.06. The zero-order valence-electron chi connectivity index (χ0n) is 14.5. The number of nitrogens with one attached hydrogen (secondary N) is 2. The highest BCUT2D eigenvalue weighted by atomic mass is 35.5. The van der Waals surface area contributed by atoms with Gasteiger partial charge in [-0.1, -0.05) is 47.5 Å². The highest BCUT2D eigenvalue weighted by molar-refractivity contribution is 6.32. The number of halogens is 2. The molecule has 0 aliphatic carbocycles. The number of rotatable bonds is 9. The lowest BCUT2D eigenvalue weighted by Crippen LogP contribution is -2.25. The van der Waals surface area contributed by atoms with Crippen LogP contribution in [0.2, 0.25) is 10.0 Å². The third-order valence-electron chi connectivity index (χ3n) is 2.99. The van der Waals surface area contributed by atoms with Gasteiger partial charge in [-0.05, 0) is 24.3 Å². The van der Waals surface area contributed by atoms with Crippen molar-refractivity contribution < 1.29 is 19.1 Å². The molecule has 0 spiro atoms. The second-order valence-corrected chi connectivity index (χ2v) is 5.88. The monoisotopic (exact) mass is 422 g/mol. The quantitative estimate of drug-likeness (QED) is 0.478. The van der Waals surface area contributed by atoms with Gasteiger partial charge in [-0.3, -0.25) is 9.59 Å². The van der Waals surface area contributed by atoms with E-state index in [1.54, 1.807) is 48.5 Å². The van der Waals surface area contributed by atoms with Crippen molar-refractivity contribution in [3.63, 3.8) is 0 Å². The van der Waals surface area contributed by atoms with Gasteiger partial charge in [0.2, 0.25) is 0 Å². The molecule has 2 rings (SSSR count). The summed E-state index contributed by atoms with van der Waals surface area (Å²) in [6.45, 7) is -0.511. The zero-order chi connectivity index (χ0) is 20.2.